The molecule has 1 nitrogen and oxygen atoms in total. The van der Waals surface area contributed by atoms with Gasteiger partial charge in [0, 0.05) is 10.8 Å². The van der Waals surface area contributed by atoms with Crippen molar-refractivity contribution in [3.05, 3.63) is 187 Å². The number of halogens is 1. The van der Waals surface area contributed by atoms with E-state index in [-0.39, 0.29) is 50.2 Å². The predicted molar refractivity (Wildman–Crippen MR) is 195 cm³/mol. The maximum absolute atomic E-state index is 8.98. The van der Waals surface area contributed by atoms with Crippen molar-refractivity contribution in [1.29, 1.82) is 0 Å². The first-order chi connectivity index (χ1) is 27.6. The molecule has 45 heavy (non-hydrogen) atoms. The second-order valence-electron chi connectivity index (χ2n) is 10.5. The Labute approximate surface area is 287 Å². The van der Waals surface area contributed by atoms with Gasteiger partial charge in [-0.1, -0.05) is 169 Å². The first-order valence-electron chi connectivity index (χ1n) is 20.7. The fourth-order valence-corrected chi connectivity index (χ4v) is 11.4. The zero-order valence-electron chi connectivity index (χ0n) is 36.6. The molecule has 7 aromatic carbocycles. The van der Waals surface area contributed by atoms with Gasteiger partial charge in [0.05, 0.1) is 39.6 Å². The third-order valence-electron chi connectivity index (χ3n) is 8.15. The molecule has 0 aliphatic carbocycles. The zero-order valence-corrected chi connectivity index (χ0v) is 25.4. The topological polar surface area (TPSA) is 4.93 Å². The van der Waals surface area contributed by atoms with E-state index in [9.17, 15) is 0 Å². The highest BCUT2D eigenvalue weighted by Crippen LogP contribution is 2.34. The van der Waals surface area contributed by atoms with Crippen LogP contribution in [0.5, 0.6) is 0 Å². The van der Waals surface area contributed by atoms with Crippen LogP contribution in [-0.2, 0) is 0 Å². The molecule has 0 amide bonds. The summed E-state index contributed by atoms with van der Waals surface area (Å²) in [6.07, 6.45) is 0. The molecule has 0 aliphatic rings. The van der Waals surface area contributed by atoms with E-state index in [2.05, 4.69) is 0 Å². The van der Waals surface area contributed by atoms with Crippen LogP contribution in [0.25, 0.3) is 38.6 Å². The number of nitrogens with zero attached hydrogens (tertiary/aromatic N) is 1. The summed E-state index contributed by atoms with van der Waals surface area (Å²) in [5.41, 5.74) is 0.602. The van der Waals surface area contributed by atoms with Gasteiger partial charge in [0.25, 0.3) is 0 Å². The molecule has 1 aromatic heterocycles. The first-order valence-corrected chi connectivity index (χ1v) is 16.6. The van der Waals surface area contributed by atoms with Crippen molar-refractivity contribution in [1.82, 2.24) is 4.57 Å². The molecule has 3 heteroatoms. The zero-order chi connectivity index (χ0) is 41.5. The lowest BCUT2D eigenvalue weighted by molar-refractivity contribution is 1.18. The molecule has 0 aliphatic heterocycles. The third kappa shape index (κ3) is 4.53. The molecular weight excluding hydrogens is 582 g/mol. The lowest BCUT2D eigenvalue weighted by Crippen LogP contribution is -2.74. The van der Waals surface area contributed by atoms with Crippen molar-refractivity contribution in [2.75, 3.05) is 0 Å². The minimum Gasteiger partial charge on any atom is -0.308 e. The van der Waals surface area contributed by atoms with Crippen LogP contribution in [0.4, 0.5) is 0 Å². The highest BCUT2D eigenvalue weighted by atomic mass is 35.5. The van der Waals surface area contributed by atoms with E-state index in [0.717, 1.165) is 20.7 Å². The fourth-order valence-electron chi connectivity index (χ4n) is 6.26. The number of benzene rings is 7. The van der Waals surface area contributed by atoms with Gasteiger partial charge in [-0.3, -0.25) is 0 Å². The summed E-state index contributed by atoms with van der Waals surface area (Å²) < 4.78 is 113. The van der Waals surface area contributed by atoms with Crippen LogP contribution in [0.3, 0.4) is 0 Å². The Morgan fingerprint density at radius 2 is 1.00 bits per heavy atom. The number of fused-ring (bicyclic) bond motifs is 3. The molecule has 0 fully saturated rings. The Kier molecular flexibility index (Phi) is 4.26. The molecule has 214 valence electrons. The second-order valence-corrected chi connectivity index (χ2v) is 14.7. The summed E-state index contributed by atoms with van der Waals surface area (Å²) in [7, 11) is -3.45. The largest absolute Gasteiger partial charge is 0.308 e. The molecule has 1 heterocycles. The van der Waals surface area contributed by atoms with Crippen molar-refractivity contribution in [2.24, 2.45) is 0 Å². The van der Waals surface area contributed by atoms with Gasteiger partial charge in [0.2, 0.25) is 0 Å². The number of aromatic nitrogens is 1. The van der Waals surface area contributed by atoms with Gasteiger partial charge in [0.1, 0.15) is 0 Å². The molecule has 0 saturated carbocycles. The van der Waals surface area contributed by atoms with E-state index < -0.39 is 74.5 Å². The van der Waals surface area contributed by atoms with Crippen molar-refractivity contribution in [3.8, 4) is 16.8 Å². The Bertz CT molecular complexity index is 2860. The maximum Gasteiger partial charge on any atom is 0.179 e. The average Bonchev–Trinajstić information content (AvgIpc) is 3.59. The minimum atomic E-state index is -3.45. The normalized spacial score (nSPS) is 15.7. The number of hydrogen-bond acceptors (Lipinski definition) is 0. The smallest absolute Gasteiger partial charge is 0.179 e. The lowest BCUT2D eigenvalue weighted by Gasteiger charge is -2.35. The van der Waals surface area contributed by atoms with E-state index in [4.69, 9.17) is 29.4 Å². The third-order valence-corrected chi connectivity index (χ3v) is 13.2. The molecule has 0 saturated heterocycles. The second kappa shape index (κ2) is 11.4. The Morgan fingerprint density at radius 1 is 0.467 bits per heavy atom. The SMILES string of the molecule is [2H]c1c([2H])c([2H])c(-c2cccc([Si](c3ccccc3)(c3ccccc3)c3ccc(-n4c5c([2H])c([2H])c([2H])c([2H])c5c5c([2H])c([2H])c([2H])c([2H])c54)c(Cl)c3)c2)c([2H])c1[2H]. The molecular formula is C42H30ClNSi. The fraction of sp³-hybridized carbons (Fsp3) is 0. The number of rotatable bonds is 6. The maximum atomic E-state index is 8.98. The number of hydrogen-bond donors (Lipinski definition) is 0. The lowest BCUT2D eigenvalue weighted by atomic mass is 10.1. The van der Waals surface area contributed by atoms with Crippen LogP contribution in [0.1, 0.15) is 17.8 Å². The van der Waals surface area contributed by atoms with Crippen LogP contribution >= 0.6 is 11.6 Å². The van der Waals surface area contributed by atoms with Crippen LogP contribution < -0.4 is 20.7 Å². The van der Waals surface area contributed by atoms with Gasteiger partial charge < -0.3 is 4.57 Å². The molecule has 0 N–H and O–H groups in total. The van der Waals surface area contributed by atoms with E-state index in [1.54, 1.807) is 24.3 Å². The average molecular weight is 625 g/mol. The van der Waals surface area contributed by atoms with E-state index in [0.29, 0.717) is 5.56 Å². The number of para-hydroxylation sites is 2. The van der Waals surface area contributed by atoms with E-state index >= 15 is 0 Å². The molecule has 0 bridgehead atoms. The summed E-state index contributed by atoms with van der Waals surface area (Å²) in [6.45, 7) is 0. The Hall–Kier alpha value is -5.15. The Balaban J connectivity index is 1.48. The van der Waals surface area contributed by atoms with E-state index in [1.807, 2.05) is 78.9 Å². The minimum absolute atomic E-state index is 0.0522. The summed E-state index contributed by atoms with van der Waals surface area (Å²) >= 11 is 7.34. The van der Waals surface area contributed by atoms with E-state index in [1.165, 1.54) is 4.57 Å². The molecule has 8 rings (SSSR count). The van der Waals surface area contributed by atoms with Crippen LogP contribution in [0.2, 0.25) is 5.02 Å². The monoisotopic (exact) mass is 624 g/mol. The quantitative estimate of drug-likeness (QED) is 0.129. The van der Waals surface area contributed by atoms with Crippen LogP contribution in [0, 0.1) is 0 Å². The van der Waals surface area contributed by atoms with Crippen LogP contribution in [0.15, 0.2) is 182 Å². The van der Waals surface area contributed by atoms with Crippen molar-refractivity contribution >= 4 is 62.2 Å². The van der Waals surface area contributed by atoms with Crippen molar-refractivity contribution < 1.29 is 17.8 Å². The highest BCUT2D eigenvalue weighted by Gasteiger charge is 2.42. The summed E-state index contributed by atoms with van der Waals surface area (Å²) in [4.78, 5) is 0. The molecule has 0 radical (unpaired) electrons. The summed E-state index contributed by atoms with van der Waals surface area (Å²) in [5.74, 6) is 0. The molecule has 0 spiro atoms. The van der Waals surface area contributed by atoms with Crippen molar-refractivity contribution in [2.45, 2.75) is 0 Å². The van der Waals surface area contributed by atoms with Crippen molar-refractivity contribution in [3.63, 3.8) is 0 Å². The van der Waals surface area contributed by atoms with Gasteiger partial charge in [0.15, 0.2) is 8.07 Å². The van der Waals surface area contributed by atoms with Gasteiger partial charge in [-0.2, -0.15) is 0 Å². The molecule has 8 aromatic rings. The highest BCUT2D eigenvalue weighted by molar-refractivity contribution is 7.20. The van der Waals surface area contributed by atoms with Crippen LogP contribution in [-0.4, -0.2) is 12.6 Å². The molecule has 0 atom stereocenters. The van der Waals surface area contributed by atoms with Gasteiger partial charge in [-0.15, -0.1) is 0 Å². The Morgan fingerprint density at radius 3 is 1.60 bits per heavy atom. The standard InChI is InChI=1S/C42H30ClNSi/c43-39-30-36(27-28-42(39)44-40-25-12-10-23-37(40)38-24-11-13-26-41(38)44)45(33-18-6-2-7-19-33,34-20-8-3-9-21-34)35-22-14-17-32(29-35)31-15-4-1-5-16-31/h1-30H/i1D,4D,5D,10D,11D,12D,13D,15D,16D,23D,24D,25D,26D. The van der Waals surface area contributed by atoms with Gasteiger partial charge >= 0.3 is 0 Å². The van der Waals surface area contributed by atoms with Gasteiger partial charge in [-0.25, -0.2) is 0 Å². The summed E-state index contributed by atoms with van der Waals surface area (Å²) in [5, 5.41) is 3.44. The predicted octanol–water partition coefficient (Wildman–Crippen LogP) is 8.48. The summed E-state index contributed by atoms with van der Waals surface area (Å²) in [6, 6.07) is 26.2. The first kappa shape index (κ1) is 16.8. The molecule has 0 unspecified atom stereocenters. The van der Waals surface area contributed by atoms with Gasteiger partial charge in [-0.05, 0) is 56.1 Å².